The first-order valence-corrected chi connectivity index (χ1v) is 5.25. The zero-order valence-corrected chi connectivity index (χ0v) is 8.13. The van der Waals surface area contributed by atoms with Crippen molar-refractivity contribution in [3.05, 3.63) is 24.3 Å². The maximum absolute atomic E-state index is 2.42. The predicted molar refractivity (Wildman–Crippen MR) is 55.1 cm³/mol. The average molecular weight is 164 g/mol. The highest BCUT2D eigenvalue weighted by atomic mass is 14.1. The summed E-state index contributed by atoms with van der Waals surface area (Å²) in [5.41, 5.74) is 0. The van der Waals surface area contributed by atoms with Gasteiger partial charge in [0.1, 0.15) is 0 Å². The monoisotopic (exact) mass is 164 g/mol. The van der Waals surface area contributed by atoms with Crippen LogP contribution in [0.3, 0.4) is 0 Å². The van der Waals surface area contributed by atoms with E-state index in [4.69, 9.17) is 0 Å². The van der Waals surface area contributed by atoms with Crippen LogP contribution in [0, 0.1) is 5.92 Å². The van der Waals surface area contributed by atoms with Crippen LogP contribution < -0.4 is 0 Å². The molecule has 0 aromatic carbocycles. The summed E-state index contributed by atoms with van der Waals surface area (Å²) >= 11 is 0. The molecule has 0 saturated heterocycles. The van der Waals surface area contributed by atoms with E-state index in [1.807, 2.05) is 0 Å². The van der Waals surface area contributed by atoms with Crippen molar-refractivity contribution in [2.45, 2.75) is 45.4 Å². The maximum Gasteiger partial charge on any atom is -0.0196 e. The molecule has 1 aliphatic rings. The van der Waals surface area contributed by atoms with E-state index in [1.54, 1.807) is 0 Å². The van der Waals surface area contributed by atoms with E-state index in [0.717, 1.165) is 5.92 Å². The largest absolute Gasteiger partial charge is 0.0885 e. The fourth-order valence-corrected chi connectivity index (χ4v) is 1.60. The number of rotatable bonds is 4. The van der Waals surface area contributed by atoms with Gasteiger partial charge in [0.2, 0.25) is 0 Å². The van der Waals surface area contributed by atoms with E-state index in [1.165, 1.54) is 38.5 Å². The molecule has 0 spiro atoms. The Bertz CT molecular complexity index is 153. The molecule has 0 aliphatic heterocycles. The number of unbranched alkanes of at least 4 members (excludes halogenated alkanes) is 2. The van der Waals surface area contributed by atoms with Gasteiger partial charge in [-0.25, -0.2) is 0 Å². The molecule has 0 fully saturated rings. The Morgan fingerprint density at radius 1 is 1.42 bits per heavy atom. The Balaban J connectivity index is 2.12. The molecule has 0 N–H and O–H groups in total. The highest BCUT2D eigenvalue weighted by Gasteiger charge is 2.04. The second-order valence-corrected chi connectivity index (χ2v) is 3.61. The van der Waals surface area contributed by atoms with E-state index >= 15 is 0 Å². The van der Waals surface area contributed by atoms with Crippen LogP contribution in [0.15, 0.2) is 24.3 Å². The molecule has 12 heavy (non-hydrogen) atoms. The van der Waals surface area contributed by atoms with E-state index < -0.39 is 0 Å². The summed E-state index contributed by atoms with van der Waals surface area (Å²) in [4.78, 5) is 0. The van der Waals surface area contributed by atoms with Gasteiger partial charge in [-0.1, -0.05) is 44.1 Å². The Hall–Kier alpha value is -0.520. The summed E-state index contributed by atoms with van der Waals surface area (Å²) in [6, 6.07) is 0. The molecule has 0 nitrogen and oxygen atoms in total. The first-order chi connectivity index (χ1) is 5.93. The van der Waals surface area contributed by atoms with Crippen LogP contribution >= 0.6 is 0 Å². The molecule has 1 atom stereocenters. The lowest BCUT2D eigenvalue weighted by molar-refractivity contribution is 0.581. The standard InChI is InChI=1S/C12H20/c1-2-3-4-6-9-12-10-7-5-8-11-12/h5-7,9,12H,2-4,8,10-11H2,1H3. The molecule has 0 aromatic rings. The predicted octanol–water partition coefficient (Wildman–Crippen LogP) is 4.09. The highest BCUT2D eigenvalue weighted by molar-refractivity contribution is 4.98. The normalized spacial score (nSPS) is 23.6. The van der Waals surface area contributed by atoms with Crippen LogP contribution in [0.25, 0.3) is 0 Å². The molecule has 1 rings (SSSR count). The zero-order valence-electron chi connectivity index (χ0n) is 8.13. The summed E-state index contributed by atoms with van der Waals surface area (Å²) in [7, 11) is 0. The first kappa shape index (κ1) is 9.57. The third-order valence-electron chi connectivity index (χ3n) is 2.44. The molecule has 0 heteroatoms. The van der Waals surface area contributed by atoms with E-state index in [9.17, 15) is 0 Å². The van der Waals surface area contributed by atoms with Crippen LogP contribution in [-0.2, 0) is 0 Å². The molecule has 0 amide bonds. The minimum atomic E-state index is 0.840. The summed E-state index contributed by atoms with van der Waals surface area (Å²) < 4.78 is 0. The Kier molecular flexibility index (Phi) is 4.82. The maximum atomic E-state index is 2.42. The van der Waals surface area contributed by atoms with E-state index in [0.29, 0.717) is 0 Å². The molecule has 0 saturated carbocycles. The van der Waals surface area contributed by atoms with E-state index in [2.05, 4.69) is 31.2 Å². The first-order valence-electron chi connectivity index (χ1n) is 5.25. The Morgan fingerprint density at radius 2 is 2.33 bits per heavy atom. The second kappa shape index (κ2) is 6.05. The van der Waals surface area contributed by atoms with Gasteiger partial charge < -0.3 is 0 Å². The van der Waals surface area contributed by atoms with Crippen molar-refractivity contribution in [3.63, 3.8) is 0 Å². The van der Waals surface area contributed by atoms with Gasteiger partial charge in [0.25, 0.3) is 0 Å². The molecule has 68 valence electrons. The van der Waals surface area contributed by atoms with Crippen molar-refractivity contribution in [1.29, 1.82) is 0 Å². The van der Waals surface area contributed by atoms with Crippen molar-refractivity contribution in [1.82, 2.24) is 0 Å². The quantitative estimate of drug-likeness (QED) is 0.433. The fraction of sp³-hybridized carbons (Fsp3) is 0.667. The second-order valence-electron chi connectivity index (χ2n) is 3.61. The van der Waals surface area contributed by atoms with Crippen molar-refractivity contribution >= 4 is 0 Å². The summed E-state index contributed by atoms with van der Waals surface area (Å²) in [5, 5.41) is 0. The lowest BCUT2D eigenvalue weighted by atomic mass is 9.94. The lowest BCUT2D eigenvalue weighted by Gasteiger charge is -2.12. The van der Waals surface area contributed by atoms with Gasteiger partial charge in [-0.05, 0) is 31.6 Å². The fourth-order valence-electron chi connectivity index (χ4n) is 1.60. The van der Waals surface area contributed by atoms with Gasteiger partial charge in [-0.15, -0.1) is 0 Å². The van der Waals surface area contributed by atoms with Crippen LogP contribution in [0.2, 0.25) is 0 Å². The topological polar surface area (TPSA) is 0 Å². The van der Waals surface area contributed by atoms with Crippen molar-refractivity contribution in [2.24, 2.45) is 5.92 Å². The summed E-state index contributed by atoms with van der Waals surface area (Å²) in [6.07, 6.45) is 17.2. The van der Waals surface area contributed by atoms with Gasteiger partial charge in [-0.3, -0.25) is 0 Å². The van der Waals surface area contributed by atoms with Gasteiger partial charge >= 0.3 is 0 Å². The Morgan fingerprint density at radius 3 is 3.00 bits per heavy atom. The minimum Gasteiger partial charge on any atom is -0.0885 e. The van der Waals surface area contributed by atoms with Crippen molar-refractivity contribution in [2.75, 3.05) is 0 Å². The number of hydrogen-bond acceptors (Lipinski definition) is 0. The summed E-state index contributed by atoms with van der Waals surface area (Å²) in [5.74, 6) is 0.840. The smallest absolute Gasteiger partial charge is 0.0196 e. The molecule has 0 aromatic heterocycles. The third-order valence-corrected chi connectivity index (χ3v) is 2.44. The molecule has 0 radical (unpaired) electrons. The molecule has 0 heterocycles. The molecule has 1 unspecified atom stereocenters. The molecule has 1 aliphatic carbocycles. The number of allylic oxidation sites excluding steroid dienone is 4. The highest BCUT2D eigenvalue weighted by Crippen LogP contribution is 2.19. The van der Waals surface area contributed by atoms with Crippen LogP contribution in [-0.4, -0.2) is 0 Å². The van der Waals surface area contributed by atoms with Crippen LogP contribution in [0.5, 0.6) is 0 Å². The SMILES string of the molecule is CCCCC=CC1CC=CCC1. The van der Waals surface area contributed by atoms with Gasteiger partial charge in [0.05, 0.1) is 0 Å². The number of hydrogen-bond donors (Lipinski definition) is 0. The lowest BCUT2D eigenvalue weighted by Crippen LogP contribution is -1.97. The summed E-state index contributed by atoms with van der Waals surface area (Å²) in [6.45, 7) is 2.25. The van der Waals surface area contributed by atoms with Crippen molar-refractivity contribution in [3.8, 4) is 0 Å². The van der Waals surface area contributed by atoms with E-state index in [-0.39, 0.29) is 0 Å². The average Bonchev–Trinajstić information content (AvgIpc) is 2.14. The molecular weight excluding hydrogens is 144 g/mol. The molecule has 0 bridgehead atoms. The van der Waals surface area contributed by atoms with Crippen LogP contribution in [0.4, 0.5) is 0 Å². The zero-order chi connectivity index (χ0) is 8.65. The van der Waals surface area contributed by atoms with Gasteiger partial charge in [0.15, 0.2) is 0 Å². The van der Waals surface area contributed by atoms with Crippen molar-refractivity contribution < 1.29 is 0 Å². The van der Waals surface area contributed by atoms with Gasteiger partial charge in [-0.2, -0.15) is 0 Å². The Labute approximate surface area is 76.4 Å². The molecular formula is C12H20. The third kappa shape index (κ3) is 3.75. The van der Waals surface area contributed by atoms with Crippen LogP contribution in [0.1, 0.15) is 45.4 Å². The minimum absolute atomic E-state index is 0.840. The van der Waals surface area contributed by atoms with Gasteiger partial charge in [0, 0.05) is 0 Å².